The average Bonchev–Trinajstić information content (AvgIpc) is 3.02. The Labute approximate surface area is 105 Å². The summed E-state index contributed by atoms with van der Waals surface area (Å²) in [4.78, 5) is 6.30. The van der Waals surface area contributed by atoms with Gasteiger partial charge in [0.1, 0.15) is 12.1 Å². The van der Waals surface area contributed by atoms with Crippen molar-refractivity contribution in [1.29, 1.82) is 0 Å². The van der Waals surface area contributed by atoms with Crippen LogP contribution in [0.4, 0.5) is 0 Å². The van der Waals surface area contributed by atoms with Crippen molar-refractivity contribution >= 4 is 0 Å². The van der Waals surface area contributed by atoms with Gasteiger partial charge in [-0.15, -0.1) is 0 Å². The van der Waals surface area contributed by atoms with Gasteiger partial charge in [-0.25, -0.2) is 4.98 Å². The quantitative estimate of drug-likeness (QED) is 0.853. The molecule has 3 N–H and O–H groups in total. The fourth-order valence-electron chi connectivity index (χ4n) is 2.02. The molecule has 0 saturated heterocycles. The SMILES string of the molecule is NC1=CN(Cc2ccccc2-c2ncco2)CN1. The van der Waals surface area contributed by atoms with Gasteiger partial charge in [0.15, 0.2) is 0 Å². The lowest BCUT2D eigenvalue weighted by Gasteiger charge is -2.16. The smallest absolute Gasteiger partial charge is 0.226 e. The molecule has 0 unspecified atom stereocenters. The number of hydrogen-bond acceptors (Lipinski definition) is 5. The number of oxazole rings is 1. The van der Waals surface area contributed by atoms with Crippen molar-refractivity contribution in [3.05, 3.63) is 54.3 Å². The van der Waals surface area contributed by atoms with Crippen LogP contribution in [0.15, 0.2) is 53.2 Å². The van der Waals surface area contributed by atoms with Crippen LogP contribution >= 0.6 is 0 Å². The van der Waals surface area contributed by atoms with E-state index >= 15 is 0 Å². The summed E-state index contributed by atoms with van der Waals surface area (Å²) in [5.74, 6) is 1.35. The zero-order valence-electron chi connectivity index (χ0n) is 9.84. The molecule has 0 radical (unpaired) electrons. The van der Waals surface area contributed by atoms with E-state index in [0.29, 0.717) is 11.7 Å². The summed E-state index contributed by atoms with van der Waals surface area (Å²) in [6.45, 7) is 1.50. The number of benzene rings is 1. The number of nitrogens with one attached hydrogen (secondary N) is 1. The molecule has 0 fully saturated rings. The average molecular weight is 242 g/mol. The Kier molecular flexibility index (Phi) is 2.64. The van der Waals surface area contributed by atoms with E-state index < -0.39 is 0 Å². The number of nitrogens with zero attached hydrogens (tertiary/aromatic N) is 2. The van der Waals surface area contributed by atoms with E-state index in [0.717, 1.165) is 24.3 Å². The summed E-state index contributed by atoms with van der Waals surface area (Å²) in [6.07, 6.45) is 5.15. The lowest BCUT2D eigenvalue weighted by molar-refractivity contribution is 0.384. The first-order valence-corrected chi connectivity index (χ1v) is 5.76. The zero-order valence-corrected chi connectivity index (χ0v) is 9.84. The lowest BCUT2D eigenvalue weighted by atomic mass is 10.1. The molecule has 1 aromatic carbocycles. The largest absolute Gasteiger partial charge is 0.445 e. The van der Waals surface area contributed by atoms with Crippen molar-refractivity contribution in [3.8, 4) is 11.5 Å². The molecule has 0 aliphatic carbocycles. The predicted molar refractivity (Wildman–Crippen MR) is 67.8 cm³/mol. The van der Waals surface area contributed by atoms with Gasteiger partial charge in [0.2, 0.25) is 5.89 Å². The van der Waals surface area contributed by atoms with Crippen molar-refractivity contribution in [2.75, 3.05) is 6.67 Å². The molecule has 2 heterocycles. The van der Waals surface area contributed by atoms with Crippen LogP contribution in [0.3, 0.4) is 0 Å². The van der Waals surface area contributed by atoms with E-state index in [1.54, 1.807) is 12.5 Å². The number of nitrogens with two attached hydrogens (primary N) is 1. The van der Waals surface area contributed by atoms with Crippen LogP contribution in [0.2, 0.25) is 0 Å². The van der Waals surface area contributed by atoms with E-state index in [-0.39, 0.29) is 0 Å². The minimum absolute atomic E-state index is 0.648. The second-order valence-electron chi connectivity index (χ2n) is 4.16. The summed E-state index contributed by atoms with van der Waals surface area (Å²) in [5, 5.41) is 3.07. The number of rotatable bonds is 3. The van der Waals surface area contributed by atoms with Gasteiger partial charge in [0, 0.05) is 18.3 Å². The van der Waals surface area contributed by atoms with E-state index in [1.807, 2.05) is 24.4 Å². The van der Waals surface area contributed by atoms with Crippen molar-refractivity contribution in [2.24, 2.45) is 5.73 Å². The summed E-state index contributed by atoms with van der Waals surface area (Å²) < 4.78 is 5.36. The van der Waals surface area contributed by atoms with Gasteiger partial charge in [-0.3, -0.25) is 0 Å². The van der Waals surface area contributed by atoms with Crippen LogP contribution < -0.4 is 11.1 Å². The van der Waals surface area contributed by atoms with Gasteiger partial charge in [-0.2, -0.15) is 0 Å². The predicted octanol–water partition coefficient (Wildman–Crippen LogP) is 1.46. The molecule has 0 bridgehead atoms. The molecule has 5 heteroatoms. The highest BCUT2D eigenvalue weighted by Gasteiger charge is 2.13. The van der Waals surface area contributed by atoms with Crippen LogP contribution in [-0.2, 0) is 6.54 Å². The first-order valence-electron chi connectivity index (χ1n) is 5.76. The third-order valence-electron chi connectivity index (χ3n) is 2.86. The molecule has 3 rings (SSSR count). The number of hydrogen-bond donors (Lipinski definition) is 2. The summed E-state index contributed by atoms with van der Waals surface area (Å²) in [5.41, 5.74) is 7.86. The van der Waals surface area contributed by atoms with Gasteiger partial charge in [0.25, 0.3) is 0 Å². The molecule has 0 saturated carbocycles. The zero-order chi connectivity index (χ0) is 12.4. The van der Waals surface area contributed by atoms with Gasteiger partial charge >= 0.3 is 0 Å². The Morgan fingerprint density at radius 3 is 3.00 bits per heavy atom. The van der Waals surface area contributed by atoms with Crippen molar-refractivity contribution in [1.82, 2.24) is 15.2 Å². The molecular weight excluding hydrogens is 228 g/mol. The molecule has 92 valence electrons. The van der Waals surface area contributed by atoms with Crippen molar-refractivity contribution in [2.45, 2.75) is 6.54 Å². The van der Waals surface area contributed by atoms with Crippen LogP contribution in [0.25, 0.3) is 11.5 Å². The Morgan fingerprint density at radius 1 is 1.39 bits per heavy atom. The minimum Gasteiger partial charge on any atom is -0.445 e. The fourth-order valence-corrected chi connectivity index (χ4v) is 2.02. The number of aromatic nitrogens is 1. The fraction of sp³-hybridized carbons (Fsp3) is 0.154. The molecule has 2 aromatic rings. The molecule has 1 aromatic heterocycles. The molecule has 0 atom stereocenters. The Hall–Kier alpha value is -2.43. The standard InChI is InChI=1S/C13H14N4O/c14-12-8-17(9-16-12)7-10-3-1-2-4-11(10)13-15-5-6-18-13/h1-6,8,16H,7,9,14H2. The second kappa shape index (κ2) is 4.44. The van der Waals surface area contributed by atoms with Gasteiger partial charge in [0.05, 0.1) is 12.9 Å². The van der Waals surface area contributed by atoms with Gasteiger partial charge in [-0.1, -0.05) is 18.2 Å². The summed E-state index contributed by atoms with van der Waals surface area (Å²) in [7, 11) is 0. The normalized spacial score (nSPS) is 14.4. The first-order chi connectivity index (χ1) is 8.83. The third kappa shape index (κ3) is 2.02. The van der Waals surface area contributed by atoms with E-state index in [4.69, 9.17) is 10.2 Å². The van der Waals surface area contributed by atoms with Crippen LogP contribution in [-0.4, -0.2) is 16.6 Å². The lowest BCUT2D eigenvalue weighted by Crippen LogP contribution is -2.22. The summed E-state index contributed by atoms with van der Waals surface area (Å²) >= 11 is 0. The molecule has 0 spiro atoms. The van der Waals surface area contributed by atoms with Gasteiger partial charge < -0.3 is 20.4 Å². The molecule has 0 amide bonds. The Bertz CT molecular complexity index is 562. The highest BCUT2D eigenvalue weighted by molar-refractivity contribution is 5.58. The van der Waals surface area contributed by atoms with E-state index in [9.17, 15) is 0 Å². The highest BCUT2D eigenvalue weighted by Crippen LogP contribution is 2.23. The second-order valence-corrected chi connectivity index (χ2v) is 4.16. The molecular formula is C13H14N4O. The minimum atomic E-state index is 0.648. The van der Waals surface area contributed by atoms with Crippen molar-refractivity contribution < 1.29 is 4.42 Å². The van der Waals surface area contributed by atoms with E-state index in [1.165, 1.54) is 0 Å². The highest BCUT2D eigenvalue weighted by atomic mass is 16.3. The monoisotopic (exact) mass is 242 g/mol. The summed E-state index contributed by atoms with van der Waals surface area (Å²) in [6, 6.07) is 8.08. The maximum Gasteiger partial charge on any atom is 0.226 e. The van der Waals surface area contributed by atoms with Crippen LogP contribution in [0, 0.1) is 0 Å². The molecule has 5 nitrogen and oxygen atoms in total. The van der Waals surface area contributed by atoms with Crippen molar-refractivity contribution in [3.63, 3.8) is 0 Å². The molecule has 1 aliphatic rings. The van der Waals surface area contributed by atoms with Gasteiger partial charge in [-0.05, 0) is 11.6 Å². The Morgan fingerprint density at radius 2 is 2.28 bits per heavy atom. The van der Waals surface area contributed by atoms with Crippen LogP contribution in [0.5, 0.6) is 0 Å². The van der Waals surface area contributed by atoms with E-state index in [2.05, 4.69) is 21.3 Å². The third-order valence-corrected chi connectivity index (χ3v) is 2.86. The topological polar surface area (TPSA) is 67.3 Å². The Balaban J connectivity index is 1.88. The molecule has 18 heavy (non-hydrogen) atoms. The maximum atomic E-state index is 5.69. The molecule has 1 aliphatic heterocycles. The first kappa shape index (κ1) is 10.7. The maximum absolute atomic E-state index is 5.69. The van der Waals surface area contributed by atoms with Crippen LogP contribution in [0.1, 0.15) is 5.56 Å².